The van der Waals surface area contributed by atoms with Crippen LogP contribution >= 0.6 is 22.6 Å². The van der Waals surface area contributed by atoms with E-state index in [0.29, 0.717) is 17.8 Å². The Labute approximate surface area is 149 Å². The minimum absolute atomic E-state index is 0.0232. The number of ether oxygens (including phenoxy) is 1. The molecule has 0 spiro atoms. The maximum atomic E-state index is 12.8. The number of rotatable bonds is 2. The van der Waals surface area contributed by atoms with Gasteiger partial charge in [-0.1, -0.05) is 22.6 Å². The number of carbonyl (C=O) groups excluding carboxylic acids is 1. The molecule has 2 bridgehead atoms. The first-order chi connectivity index (χ1) is 11.2. The van der Waals surface area contributed by atoms with Gasteiger partial charge >= 0.3 is 0 Å². The minimum Gasteiger partial charge on any atom is -0.497 e. The normalized spacial score (nSPS) is 23.0. The monoisotopic (exact) mass is 428 g/mol. The summed E-state index contributed by atoms with van der Waals surface area (Å²) in [5.41, 5.74) is 1.36. The molecular formula is C16H21IN4O2. The number of aromatic nitrogens is 2. The summed E-state index contributed by atoms with van der Waals surface area (Å²) in [7, 11) is 3.75. The molecule has 124 valence electrons. The summed E-state index contributed by atoms with van der Waals surface area (Å²) in [6, 6.07) is 6.44. The molecule has 23 heavy (non-hydrogen) atoms. The summed E-state index contributed by atoms with van der Waals surface area (Å²) in [6.45, 7) is 1.76. The Morgan fingerprint density at radius 3 is 2.74 bits per heavy atom. The zero-order valence-electron chi connectivity index (χ0n) is 13.5. The van der Waals surface area contributed by atoms with Gasteiger partial charge in [-0.2, -0.15) is 5.10 Å². The van der Waals surface area contributed by atoms with Crippen molar-refractivity contribution >= 4 is 39.4 Å². The Morgan fingerprint density at radius 1 is 1.35 bits per heavy atom. The van der Waals surface area contributed by atoms with Crippen molar-refractivity contribution in [3.63, 3.8) is 0 Å². The number of hydrogen-bond acceptors (Lipinski definition) is 4. The smallest absolute Gasteiger partial charge is 0.275 e. The van der Waals surface area contributed by atoms with Crippen molar-refractivity contribution < 1.29 is 9.53 Å². The molecule has 1 amide bonds. The predicted molar refractivity (Wildman–Crippen MR) is 98.4 cm³/mol. The third-order valence-corrected chi connectivity index (χ3v) is 4.75. The second-order valence-electron chi connectivity index (χ2n) is 5.92. The number of alkyl halides is 1. The van der Waals surface area contributed by atoms with Crippen LogP contribution < -0.4 is 4.74 Å². The highest BCUT2D eigenvalue weighted by Gasteiger charge is 2.44. The summed E-state index contributed by atoms with van der Waals surface area (Å²) >= 11 is 2.15. The van der Waals surface area contributed by atoms with Crippen molar-refractivity contribution in [2.75, 3.05) is 32.2 Å². The number of carbonyl (C=O) groups is 1. The van der Waals surface area contributed by atoms with Gasteiger partial charge in [0.15, 0.2) is 5.69 Å². The molecule has 1 aromatic heterocycles. The maximum absolute atomic E-state index is 12.8. The molecule has 1 aromatic carbocycles. The number of hydrogen-bond donors (Lipinski definition) is 1. The molecule has 0 radical (unpaired) electrons. The number of methoxy groups -OCH3 is 1. The first-order valence-electron chi connectivity index (χ1n) is 7.58. The molecule has 6 nitrogen and oxygen atoms in total. The SMILES string of the molecule is CI.COc1ccc2[nH]nc(C(=O)N3C[C@@H]4C[C@H]3CN4C)c2c1. The van der Waals surface area contributed by atoms with Gasteiger partial charge in [0.05, 0.1) is 12.6 Å². The van der Waals surface area contributed by atoms with Gasteiger partial charge in [0.2, 0.25) is 0 Å². The van der Waals surface area contributed by atoms with E-state index in [1.165, 1.54) is 0 Å². The average Bonchev–Trinajstić information content (AvgIpc) is 3.28. The van der Waals surface area contributed by atoms with Crippen LogP contribution in [0.3, 0.4) is 0 Å². The van der Waals surface area contributed by atoms with Gasteiger partial charge in [-0.3, -0.25) is 14.8 Å². The highest BCUT2D eigenvalue weighted by molar-refractivity contribution is 14.1. The number of nitrogens with one attached hydrogen (secondary N) is 1. The molecular weight excluding hydrogens is 407 g/mol. The number of H-pyrrole nitrogens is 1. The van der Waals surface area contributed by atoms with E-state index >= 15 is 0 Å². The second kappa shape index (κ2) is 6.64. The van der Waals surface area contributed by atoms with Gasteiger partial charge in [-0.05, 0) is 36.6 Å². The lowest BCUT2D eigenvalue weighted by Crippen LogP contribution is -2.47. The lowest BCUT2D eigenvalue weighted by atomic mass is 10.1. The van der Waals surface area contributed by atoms with Crippen LogP contribution in [0.4, 0.5) is 0 Å². The van der Waals surface area contributed by atoms with E-state index in [-0.39, 0.29) is 5.91 Å². The second-order valence-corrected chi connectivity index (χ2v) is 5.92. The van der Waals surface area contributed by atoms with E-state index in [1.807, 2.05) is 28.0 Å². The van der Waals surface area contributed by atoms with E-state index in [9.17, 15) is 4.79 Å². The number of likely N-dealkylation sites (tertiary alicyclic amines) is 2. The Hall–Kier alpha value is -1.35. The van der Waals surface area contributed by atoms with Gasteiger partial charge in [0, 0.05) is 30.6 Å². The Kier molecular flexibility index (Phi) is 4.77. The molecule has 2 aromatic rings. The topological polar surface area (TPSA) is 61.5 Å². The first-order valence-corrected chi connectivity index (χ1v) is 9.74. The standard InChI is InChI=1S/C15H18N4O2.CH3I/c1-18-7-10-5-9(18)8-19(10)15(20)14-12-6-11(21-2)3-4-13(12)16-17-14;1-2/h3-4,6,9-10H,5,7-8H2,1-2H3,(H,16,17);1H3/t9-,10-;/m0./s1. The highest BCUT2D eigenvalue weighted by atomic mass is 127. The van der Waals surface area contributed by atoms with E-state index in [4.69, 9.17) is 4.74 Å². The maximum Gasteiger partial charge on any atom is 0.275 e. The van der Waals surface area contributed by atoms with Crippen LogP contribution in [0.25, 0.3) is 10.9 Å². The number of piperazine rings is 1. The summed E-state index contributed by atoms with van der Waals surface area (Å²) < 4.78 is 5.24. The van der Waals surface area contributed by atoms with Crippen LogP contribution in [0, 0.1) is 0 Å². The van der Waals surface area contributed by atoms with Crippen molar-refractivity contribution in [1.82, 2.24) is 20.0 Å². The highest BCUT2D eigenvalue weighted by Crippen LogP contribution is 2.31. The summed E-state index contributed by atoms with van der Waals surface area (Å²) in [4.78, 5) is 19.1. The average molecular weight is 428 g/mol. The van der Waals surface area contributed by atoms with Crippen LogP contribution in [-0.2, 0) is 0 Å². The van der Waals surface area contributed by atoms with E-state index in [0.717, 1.165) is 36.2 Å². The quantitative estimate of drug-likeness (QED) is 0.589. The van der Waals surface area contributed by atoms with Crippen LogP contribution in [0.5, 0.6) is 5.75 Å². The number of benzene rings is 1. The number of fused-ring (bicyclic) bond motifs is 3. The molecule has 2 fully saturated rings. The molecule has 2 aliphatic heterocycles. The number of aromatic amines is 1. The van der Waals surface area contributed by atoms with E-state index in [2.05, 4.69) is 44.7 Å². The zero-order valence-corrected chi connectivity index (χ0v) is 15.7. The van der Waals surface area contributed by atoms with E-state index < -0.39 is 0 Å². The molecule has 0 aliphatic carbocycles. The summed E-state index contributed by atoms with van der Waals surface area (Å²) in [6.07, 6.45) is 1.08. The van der Waals surface area contributed by atoms with Crippen LogP contribution in [0.2, 0.25) is 0 Å². The minimum atomic E-state index is 0.0232. The molecule has 7 heteroatoms. The molecule has 2 saturated heterocycles. The fraction of sp³-hybridized carbons (Fsp3) is 0.500. The molecule has 3 heterocycles. The molecule has 1 N–H and O–H groups in total. The Balaban J connectivity index is 0.000000753. The number of likely N-dealkylation sites (N-methyl/N-ethyl adjacent to an activating group) is 1. The Bertz CT molecular complexity index is 715. The van der Waals surface area contributed by atoms with Crippen molar-refractivity contribution in [3.05, 3.63) is 23.9 Å². The van der Waals surface area contributed by atoms with Crippen LogP contribution in [-0.4, -0.2) is 70.2 Å². The molecule has 0 saturated carbocycles. The van der Waals surface area contributed by atoms with Crippen LogP contribution in [0.15, 0.2) is 18.2 Å². The third-order valence-electron chi connectivity index (χ3n) is 4.75. The number of nitrogens with zero attached hydrogens (tertiary/aromatic N) is 3. The molecule has 2 atom stereocenters. The van der Waals surface area contributed by atoms with Crippen molar-refractivity contribution in [1.29, 1.82) is 0 Å². The summed E-state index contributed by atoms with van der Waals surface area (Å²) in [5.74, 6) is 0.760. The van der Waals surface area contributed by atoms with Gasteiger partial charge < -0.3 is 9.64 Å². The van der Waals surface area contributed by atoms with Crippen molar-refractivity contribution in [3.8, 4) is 5.75 Å². The van der Waals surface area contributed by atoms with Crippen LogP contribution in [0.1, 0.15) is 16.9 Å². The van der Waals surface area contributed by atoms with Crippen molar-refractivity contribution in [2.24, 2.45) is 0 Å². The lowest BCUT2D eigenvalue weighted by Gasteiger charge is -2.31. The largest absolute Gasteiger partial charge is 0.497 e. The third kappa shape index (κ3) is 2.80. The molecule has 4 rings (SSSR count). The Morgan fingerprint density at radius 2 is 2.13 bits per heavy atom. The number of halogens is 1. The van der Waals surface area contributed by atoms with Gasteiger partial charge in [-0.25, -0.2) is 0 Å². The molecule has 2 aliphatic rings. The summed E-state index contributed by atoms with van der Waals surface area (Å²) in [5, 5.41) is 7.99. The lowest BCUT2D eigenvalue weighted by molar-refractivity contribution is 0.0646. The molecule has 0 unspecified atom stereocenters. The fourth-order valence-corrected chi connectivity index (χ4v) is 3.53. The first kappa shape index (κ1) is 16.5. The predicted octanol–water partition coefficient (Wildman–Crippen LogP) is 2.15. The fourth-order valence-electron chi connectivity index (χ4n) is 3.53. The van der Waals surface area contributed by atoms with Crippen molar-refractivity contribution in [2.45, 2.75) is 18.5 Å². The number of amides is 1. The van der Waals surface area contributed by atoms with Gasteiger partial charge in [0.1, 0.15) is 5.75 Å². The van der Waals surface area contributed by atoms with Gasteiger partial charge in [0.25, 0.3) is 5.91 Å². The van der Waals surface area contributed by atoms with Gasteiger partial charge in [-0.15, -0.1) is 0 Å². The zero-order chi connectivity index (χ0) is 16.6. The van der Waals surface area contributed by atoms with E-state index in [1.54, 1.807) is 7.11 Å².